The Morgan fingerprint density at radius 1 is 1.54 bits per heavy atom. The van der Waals surface area contributed by atoms with E-state index in [9.17, 15) is 9.50 Å². The van der Waals surface area contributed by atoms with Crippen LogP contribution in [0.3, 0.4) is 0 Å². The summed E-state index contributed by atoms with van der Waals surface area (Å²) in [5.74, 6) is -1.14. The molecule has 1 aromatic carbocycles. The van der Waals surface area contributed by atoms with Crippen LogP contribution >= 0.6 is 11.6 Å². The largest absolute Gasteiger partial charge is 0.505 e. The highest BCUT2D eigenvalue weighted by atomic mass is 35.5. The molecule has 0 saturated heterocycles. The van der Waals surface area contributed by atoms with E-state index in [1.807, 2.05) is 6.92 Å². The van der Waals surface area contributed by atoms with E-state index < -0.39 is 5.82 Å². The molecule has 2 N–H and O–H groups in total. The Kier molecular flexibility index (Phi) is 3.12. The lowest BCUT2D eigenvalue weighted by Gasteiger charge is -2.12. The molecular weight excluding hydrogens is 193 g/mol. The van der Waals surface area contributed by atoms with Crippen LogP contribution in [0.2, 0.25) is 5.02 Å². The van der Waals surface area contributed by atoms with Gasteiger partial charge in [0.15, 0.2) is 11.6 Å². The van der Waals surface area contributed by atoms with E-state index in [0.717, 1.165) is 0 Å². The number of nitrogens with one attached hydrogen (secondary N) is 1. The number of halogens is 2. The van der Waals surface area contributed by atoms with Crippen molar-refractivity contribution in [1.82, 2.24) is 5.32 Å². The third-order valence-corrected chi connectivity index (χ3v) is 2.29. The first kappa shape index (κ1) is 10.3. The summed E-state index contributed by atoms with van der Waals surface area (Å²) in [4.78, 5) is 0. The second kappa shape index (κ2) is 3.94. The lowest BCUT2D eigenvalue weighted by molar-refractivity contribution is 0.418. The monoisotopic (exact) mass is 203 g/mol. The molecule has 2 nitrogen and oxygen atoms in total. The second-order valence-corrected chi connectivity index (χ2v) is 3.22. The molecular formula is C9H11ClFNO. The van der Waals surface area contributed by atoms with Gasteiger partial charge in [0.05, 0.1) is 5.02 Å². The lowest BCUT2D eigenvalue weighted by Crippen LogP contribution is -2.12. The van der Waals surface area contributed by atoms with Crippen molar-refractivity contribution in [3.8, 4) is 5.75 Å². The fraction of sp³-hybridized carbons (Fsp3) is 0.333. The van der Waals surface area contributed by atoms with Gasteiger partial charge in [0.2, 0.25) is 0 Å². The predicted octanol–water partition coefficient (Wildman–Crippen LogP) is 2.47. The average molecular weight is 204 g/mol. The van der Waals surface area contributed by atoms with E-state index in [4.69, 9.17) is 11.6 Å². The summed E-state index contributed by atoms with van der Waals surface area (Å²) in [6, 6.07) is 2.92. The molecule has 0 spiro atoms. The van der Waals surface area contributed by atoms with Gasteiger partial charge in [-0.2, -0.15) is 0 Å². The molecule has 0 aliphatic carbocycles. The molecule has 4 heteroatoms. The van der Waals surface area contributed by atoms with Crippen molar-refractivity contribution in [1.29, 1.82) is 0 Å². The van der Waals surface area contributed by atoms with Crippen LogP contribution in [0, 0.1) is 5.82 Å². The van der Waals surface area contributed by atoms with Gasteiger partial charge in [-0.15, -0.1) is 0 Å². The first-order valence-electron chi connectivity index (χ1n) is 3.92. The summed E-state index contributed by atoms with van der Waals surface area (Å²) in [7, 11) is 1.73. The number of phenols is 1. The zero-order valence-electron chi connectivity index (χ0n) is 7.44. The summed E-state index contributed by atoms with van der Waals surface area (Å²) in [6.07, 6.45) is 0. The van der Waals surface area contributed by atoms with Crippen LogP contribution in [0.1, 0.15) is 18.5 Å². The smallest absolute Gasteiger partial charge is 0.183 e. The molecule has 0 amide bonds. The molecule has 0 heterocycles. The molecule has 0 aromatic heterocycles. The molecule has 1 atom stereocenters. The maximum Gasteiger partial charge on any atom is 0.183 e. The van der Waals surface area contributed by atoms with E-state index in [1.165, 1.54) is 6.07 Å². The number of rotatable bonds is 2. The Balaban J connectivity index is 3.18. The van der Waals surface area contributed by atoms with Gasteiger partial charge in [-0.25, -0.2) is 4.39 Å². The fourth-order valence-electron chi connectivity index (χ4n) is 1.06. The van der Waals surface area contributed by atoms with Gasteiger partial charge in [0.1, 0.15) is 0 Å². The fourth-order valence-corrected chi connectivity index (χ4v) is 1.21. The summed E-state index contributed by atoms with van der Waals surface area (Å²) >= 11 is 5.48. The van der Waals surface area contributed by atoms with Crippen LogP contribution in [0.5, 0.6) is 5.75 Å². The SMILES string of the molecule is CNC(C)c1ccc(Cl)c(F)c1O. The Morgan fingerprint density at radius 3 is 2.69 bits per heavy atom. The third-order valence-electron chi connectivity index (χ3n) is 2.00. The van der Waals surface area contributed by atoms with Crippen molar-refractivity contribution in [2.45, 2.75) is 13.0 Å². The second-order valence-electron chi connectivity index (χ2n) is 2.81. The van der Waals surface area contributed by atoms with Crippen LogP contribution in [0.15, 0.2) is 12.1 Å². The van der Waals surface area contributed by atoms with Gasteiger partial charge >= 0.3 is 0 Å². The van der Waals surface area contributed by atoms with Gasteiger partial charge in [-0.05, 0) is 20.0 Å². The number of hydrogen-bond acceptors (Lipinski definition) is 2. The molecule has 1 rings (SSSR count). The molecule has 1 aromatic rings. The third kappa shape index (κ3) is 1.92. The number of phenolic OH excluding ortho intramolecular Hbond substituents is 1. The topological polar surface area (TPSA) is 32.3 Å². The molecule has 72 valence electrons. The molecule has 0 aliphatic rings. The maximum atomic E-state index is 13.1. The highest BCUT2D eigenvalue weighted by molar-refractivity contribution is 6.30. The molecule has 0 radical (unpaired) electrons. The van der Waals surface area contributed by atoms with E-state index >= 15 is 0 Å². The summed E-state index contributed by atoms with van der Waals surface area (Å²) < 4.78 is 13.1. The van der Waals surface area contributed by atoms with Crippen molar-refractivity contribution in [3.05, 3.63) is 28.5 Å². The summed E-state index contributed by atoms with van der Waals surface area (Å²) in [6.45, 7) is 1.82. The van der Waals surface area contributed by atoms with Crippen LogP contribution in [0.25, 0.3) is 0 Å². The Bertz CT molecular complexity index is 317. The van der Waals surface area contributed by atoms with Gasteiger partial charge in [-0.3, -0.25) is 0 Å². The quantitative estimate of drug-likeness (QED) is 0.774. The van der Waals surface area contributed by atoms with E-state index in [-0.39, 0.29) is 16.8 Å². The Hall–Kier alpha value is -0.800. The first-order chi connectivity index (χ1) is 6.07. The zero-order chi connectivity index (χ0) is 10.0. The van der Waals surface area contributed by atoms with Crippen LogP contribution in [-0.4, -0.2) is 12.2 Å². The highest BCUT2D eigenvalue weighted by Gasteiger charge is 2.14. The van der Waals surface area contributed by atoms with Gasteiger partial charge in [-0.1, -0.05) is 17.7 Å². The van der Waals surface area contributed by atoms with Gasteiger partial charge in [0.25, 0.3) is 0 Å². The number of benzene rings is 1. The van der Waals surface area contributed by atoms with Crippen molar-refractivity contribution in [3.63, 3.8) is 0 Å². The van der Waals surface area contributed by atoms with E-state index in [0.29, 0.717) is 5.56 Å². The number of hydrogen-bond donors (Lipinski definition) is 2. The van der Waals surface area contributed by atoms with Crippen molar-refractivity contribution in [2.24, 2.45) is 0 Å². The molecule has 13 heavy (non-hydrogen) atoms. The minimum atomic E-state index is -0.763. The van der Waals surface area contributed by atoms with Crippen LogP contribution in [0.4, 0.5) is 4.39 Å². The van der Waals surface area contributed by atoms with Crippen molar-refractivity contribution >= 4 is 11.6 Å². The van der Waals surface area contributed by atoms with E-state index in [1.54, 1.807) is 13.1 Å². The minimum absolute atomic E-state index is 0.0652. The number of aromatic hydroxyl groups is 1. The normalized spacial score (nSPS) is 12.9. The molecule has 0 bridgehead atoms. The standard InChI is InChI=1S/C9H11ClFNO/c1-5(12-2)6-3-4-7(10)8(11)9(6)13/h3-5,12-13H,1-2H3. The van der Waals surface area contributed by atoms with Crippen molar-refractivity contribution in [2.75, 3.05) is 7.05 Å². The Labute approximate surface area is 81.3 Å². The first-order valence-corrected chi connectivity index (χ1v) is 4.29. The molecule has 0 saturated carbocycles. The van der Waals surface area contributed by atoms with Crippen LogP contribution in [-0.2, 0) is 0 Å². The summed E-state index contributed by atoms with van der Waals surface area (Å²) in [5.41, 5.74) is 0.504. The molecule has 0 fully saturated rings. The zero-order valence-corrected chi connectivity index (χ0v) is 8.19. The molecule has 1 unspecified atom stereocenters. The van der Waals surface area contributed by atoms with Gasteiger partial charge < -0.3 is 10.4 Å². The van der Waals surface area contributed by atoms with Crippen molar-refractivity contribution < 1.29 is 9.50 Å². The lowest BCUT2D eigenvalue weighted by atomic mass is 10.1. The predicted molar refractivity (Wildman–Crippen MR) is 50.5 cm³/mol. The average Bonchev–Trinajstić information content (AvgIpc) is 2.13. The van der Waals surface area contributed by atoms with E-state index in [2.05, 4.69) is 5.32 Å². The van der Waals surface area contributed by atoms with Crippen LogP contribution < -0.4 is 5.32 Å². The summed E-state index contributed by atoms with van der Waals surface area (Å²) in [5, 5.41) is 12.2. The maximum absolute atomic E-state index is 13.1. The van der Waals surface area contributed by atoms with Gasteiger partial charge in [0, 0.05) is 11.6 Å². The minimum Gasteiger partial charge on any atom is -0.505 e. The highest BCUT2D eigenvalue weighted by Crippen LogP contribution is 2.31. The molecule has 0 aliphatic heterocycles. The Morgan fingerprint density at radius 2 is 2.15 bits per heavy atom.